The summed E-state index contributed by atoms with van der Waals surface area (Å²) in [6.45, 7) is 3.15. The Kier molecular flexibility index (Phi) is 3.73. The fourth-order valence-electron chi connectivity index (χ4n) is 3.08. The number of carbonyl (C=O) groups is 2. The molecule has 3 rings (SSSR count). The summed E-state index contributed by atoms with van der Waals surface area (Å²) in [7, 11) is 0. The fraction of sp³-hybridized carbons (Fsp3) is 0.857. The number of amides is 2. The van der Waals surface area contributed by atoms with E-state index in [-0.39, 0.29) is 29.8 Å². The van der Waals surface area contributed by atoms with Crippen LogP contribution >= 0.6 is 0 Å². The van der Waals surface area contributed by atoms with Gasteiger partial charge in [-0.2, -0.15) is 0 Å². The van der Waals surface area contributed by atoms with Crippen LogP contribution in [0.1, 0.15) is 32.1 Å². The zero-order valence-corrected chi connectivity index (χ0v) is 11.3. The zero-order valence-electron chi connectivity index (χ0n) is 11.3. The van der Waals surface area contributed by atoms with Crippen molar-refractivity contribution in [2.24, 2.45) is 11.8 Å². The number of ether oxygens (including phenoxy) is 1. The molecule has 2 amide bonds. The van der Waals surface area contributed by atoms with E-state index in [1.54, 1.807) is 0 Å². The van der Waals surface area contributed by atoms with Gasteiger partial charge >= 0.3 is 0 Å². The topological polar surface area (TPSA) is 58.6 Å². The summed E-state index contributed by atoms with van der Waals surface area (Å²) in [4.78, 5) is 26.0. The summed E-state index contributed by atoms with van der Waals surface area (Å²) in [5.74, 6) is 0.0833. The van der Waals surface area contributed by atoms with Crippen molar-refractivity contribution in [2.45, 2.75) is 38.2 Å². The minimum Gasteiger partial charge on any atom is -0.376 e. The molecule has 2 saturated heterocycles. The van der Waals surface area contributed by atoms with E-state index in [1.807, 2.05) is 4.90 Å². The summed E-state index contributed by atoms with van der Waals surface area (Å²) < 4.78 is 5.47. The number of hydrogen-bond donors (Lipinski definition) is 1. The van der Waals surface area contributed by atoms with Gasteiger partial charge < -0.3 is 15.0 Å². The van der Waals surface area contributed by atoms with Crippen molar-refractivity contribution in [1.29, 1.82) is 0 Å². The Morgan fingerprint density at radius 2 is 1.95 bits per heavy atom. The molecule has 0 aromatic carbocycles. The molecule has 0 bridgehead atoms. The largest absolute Gasteiger partial charge is 0.376 e. The third-order valence-electron chi connectivity index (χ3n) is 4.39. The van der Waals surface area contributed by atoms with Gasteiger partial charge in [-0.3, -0.25) is 9.59 Å². The van der Waals surface area contributed by atoms with Crippen molar-refractivity contribution in [3.05, 3.63) is 0 Å². The summed E-state index contributed by atoms with van der Waals surface area (Å²) in [5.41, 5.74) is 0. The van der Waals surface area contributed by atoms with Crippen LogP contribution in [0.4, 0.5) is 0 Å². The lowest BCUT2D eigenvalue weighted by Crippen LogP contribution is -2.35. The first kappa shape index (κ1) is 12.9. The smallest absolute Gasteiger partial charge is 0.226 e. The van der Waals surface area contributed by atoms with Crippen LogP contribution in [0.5, 0.6) is 0 Å². The van der Waals surface area contributed by atoms with Crippen LogP contribution in [0.15, 0.2) is 0 Å². The highest BCUT2D eigenvalue weighted by Gasteiger charge is 2.49. The molecular formula is C14H22N2O3. The van der Waals surface area contributed by atoms with Crippen LogP contribution in [-0.2, 0) is 14.3 Å². The van der Waals surface area contributed by atoms with Crippen molar-refractivity contribution in [3.63, 3.8) is 0 Å². The van der Waals surface area contributed by atoms with Crippen molar-refractivity contribution >= 4 is 11.8 Å². The third-order valence-corrected chi connectivity index (χ3v) is 4.39. The van der Waals surface area contributed by atoms with E-state index in [2.05, 4.69) is 5.32 Å². The number of carbonyl (C=O) groups excluding carboxylic acids is 2. The van der Waals surface area contributed by atoms with Gasteiger partial charge in [-0.25, -0.2) is 0 Å². The van der Waals surface area contributed by atoms with E-state index in [0.29, 0.717) is 6.54 Å². The van der Waals surface area contributed by atoms with E-state index in [9.17, 15) is 9.59 Å². The van der Waals surface area contributed by atoms with Crippen LogP contribution in [0, 0.1) is 11.8 Å². The van der Waals surface area contributed by atoms with Gasteiger partial charge in [0, 0.05) is 26.2 Å². The van der Waals surface area contributed by atoms with Crippen molar-refractivity contribution < 1.29 is 14.3 Å². The van der Waals surface area contributed by atoms with Gasteiger partial charge in [-0.15, -0.1) is 0 Å². The van der Waals surface area contributed by atoms with Gasteiger partial charge in [0.2, 0.25) is 11.8 Å². The molecule has 1 N–H and O–H groups in total. The molecule has 0 aromatic rings. The average molecular weight is 266 g/mol. The number of likely N-dealkylation sites (tertiary alicyclic amines) is 1. The van der Waals surface area contributed by atoms with Crippen LogP contribution in [0.2, 0.25) is 0 Å². The Bertz CT molecular complexity index is 360. The highest BCUT2D eigenvalue weighted by Crippen LogP contribution is 2.40. The summed E-state index contributed by atoms with van der Waals surface area (Å²) >= 11 is 0. The van der Waals surface area contributed by atoms with Crippen LogP contribution in [0.25, 0.3) is 0 Å². The van der Waals surface area contributed by atoms with Gasteiger partial charge in [0.05, 0.1) is 17.9 Å². The zero-order chi connectivity index (χ0) is 13.2. The van der Waals surface area contributed by atoms with Crippen LogP contribution < -0.4 is 5.32 Å². The first-order chi connectivity index (χ1) is 9.25. The van der Waals surface area contributed by atoms with E-state index < -0.39 is 0 Å². The molecule has 3 fully saturated rings. The Morgan fingerprint density at radius 1 is 1.16 bits per heavy atom. The molecule has 0 radical (unpaired) electrons. The molecule has 5 heteroatoms. The average Bonchev–Trinajstić information content (AvgIpc) is 2.85. The first-order valence-corrected chi connectivity index (χ1v) is 7.44. The molecule has 106 valence electrons. The number of hydrogen-bond acceptors (Lipinski definition) is 3. The van der Waals surface area contributed by atoms with E-state index in [4.69, 9.17) is 4.74 Å². The molecule has 2 heterocycles. The van der Waals surface area contributed by atoms with Gasteiger partial charge in [-0.05, 0) is 32.1 Å². The minimum absolute atomic E-state index is 0.0352. The van der Waals surface area contributed by atoms with Crippen molar-refractivity contribution in [2.75, 3.05) is 26.2 Å². The van der Waals surface area contributed by atoms with Gasteiger partial charge in [0.15, 0.2) is 0 Å². The molecule has 1 aliphatic carbocycles. The maximum Gasteiger partial charge on any atom is 0.226 e. The third kappa shape index (κ3) is 2.91. The van der Waals surface area contributed by atoms with Crippen LogP contribution in [0.3, 0.4) is 0 Å². The number of nitrogens with zero attached hydrogens (tertiary/aromatic N) is 1. The SMILES string of the molecule is O=C(NCC1CCCO1)C1CC1C(=O)N1CCCC1. The molecule has 5 nitrogen and oxygen atoms in total. The van der Waals surface area contributed by atoms with Gasteiger partial charge in [-0.1, -0.05) is 0 Å². The Hall–Kier alpha value is -1.10. The maximum absolute atomic E-state index is 12.1. The first-order valence-electron chi connectivity index (χ1n) is 7.44. The molecule has 3 unspecified atom stereocenters. The molecule has 0 aromatic heterocycles. The second kappa shape index (κ2) is 5.49. The highest BCUT2D eigenvalue weighted by molar-refractivity contribution is 5.92. The quantitative estimate of drug-likeness (QED) is 0.808. The van der Waals surface area contributed by atoms with Crippen LogP contribution in [-0.4, -0.2) is 49.1 Å². The fourth-order valence-corrected chi connectivity index (χ4v) is 3.08. The van der Waals surface area contributed by atoms with E-state index in [0.717, 1.165) is 51.8 Å². The predicted molar refractivity (Wildman–Crippen MR) is 69.4 cm³/mol. The number of rotatable bonds is 4. The summed E-state index contributed by atoms with van der Waals surface area (Å²) in [6.07, 6.45) is 5.23. The predicted octanol–water partition coefficient (Wildman–Crippen LogP) is 0.540. The molecule has 3 atom stereocenters. The Labute approximate surface area is 113 Å². The van der Waals surface area contributed by atoms with E-state index >= 15 is 0 Å². The Morgan fingerprint density at radius 3 is 2.63 bits per heavy atom. The monoisotopic (exact) mass is 266 g/mol. The standard InChI is InChI=1S/C14H22N2O3/c17-13(15-9-10-4-3-7-19-10)11-8-12(11)14(18)16-5-1-2-6-16/h10-12H,1-9H2,(H,15,17). The molecular weight excluding hydrogens is 244 g/mol. The summed E-state index contributed by atoms with van der Waals surface area (Å²) in [5, 5.41) is 2.93. The normalized spacial score (nSPS) is 33.5. The summed E-state index contributed by atoms with van der Waals surface area (Å²) in [6, 6.07) is 0. The van der Waals surface area contributed by atoms with Crippen molar-refractivity contribution in [1.82, 2.24) is 10.2 Å². The number of nitrogens with one attached hydrogen (secondary N) is 1. The molecule has 1 saturated carbocycles. The Balaban J connectivity index is 1.41. The second-order valence-electron chi connectivity index (χ2n) is 5.86. The molecule has 19 heavy (non-hydrogen) atoms. The van der Waals surface area contributed by atoms with E-state index in [1.165, 1.54) is 0 Å². The maximum atomic E-state index is 12.1. The lowest BCUT2D eigenvalue weighted by atomic mass is 10.2. The molecule has 3 aliphatic rings. The lowest BCUT2D eigenvalue weighted by molar-refractivity contribution is -0.133. The van der Waals surface area contributed by atoms with Gasteiger partial charge in [0.25, 0.3) is 0 Å². The van der Waals surface area contributed by atoms with Gasteiger partial charge in [0.1, 0.15) is 0 Å². The molecule has 0 spiro atoms. The van der Waals surface area contributed by atoms with Crippen molar-refractivity contribution in [3.8, 4) is 0 Å². The second-order valence-corrected chi connectivity index (χ2v) is 5.86. The highest BCUT2D eigenvalue weighted by atomic mass is 16.5. The lowest BCUT2D eigenvalue weighted by Gasteiger charge is -2.15. The minimum atomic E-state index is -0.0884. The molecule has 2 aliphatic heterocycles.